The van der Waals surface area contributed by atoms with Crippen LogP contribution in [0.5, 0.6) is 11.5 Å². The number of aryl methyl sites for hydroxylation is 1. The van der Waals surface area contributed by atoms with Crippen molar-refractivity contribution in [3.63, 3.8) is 0 Å². The molecule has 1 aliphatic heterocycles. The largest absolute Gasteiger partial charge is 0.493 e. The number of hydrogen-bond donors (Lipinski definition) is 2. The lowest BCUT2D eigenvalue weighted by atomic mass is 10.1. The minimum Gasteiger partial charge on any atom is -0.493 e. The molecule has 0 aliphatic carbocycles. The van der Waals surface area contributed by atoms with Gasteiger partial charge in [-0.1, -0.05) is 17.7 Å². The van der Waals surface area contributed by atoms with Gasteiger partial charge in [-0.2, -0.15) is 8.42 Å². The fourth-order valence-electron chi connectivity index (χ4n) is 3.58. The lowest BCUT2D eigenvalue weighted by Crippen LogP contribution is -2.54. The predicted octanol–water partition coefficient (Wildman–Crippen LogP) is 3.74. The zero-order valence-corrected chi connectivity index (χ0v) is 23.3. The van der Waals surface area contributed by atoms with E-state index < -0.39 is 39.5 Å². The van der Waals surface area contributed by atoms with Gasteiger partial charge in [-0.25, -0.2) is 14.5 Å². The second-order valence-electron chi connectivity index (χ2n) is 8.19. The van der Waals surface area contributed by atoms with Gasteiger partial charge in [0, 0.05) is 0 Å². The summed E-state index contributed by atoms with van der Waals surface area (Å²) in [4.78, 5) is 49.9. The van der Waals surface area contributed by atoms with Crippen LogP contribution in [-0.4, -0.2) is 44.4 Å². The number of aromatic carboxylic acids is 1. The molecule has 0 radical (unpaired) electrons. The van der Waals surface area contributed by atoms with Crippen molar-refractivity contribution in [3.8, 4) is 11.5 Å². The van der Waals surface area contributed by atoms with E-state index in [4.69, 9.17) is 14.0 Å². The molecular weight excluding hydrogens is 643 g/mol. The third-order valence-electron chi connectivity index (χ3n) is 5.54. The molecule has 0 aromatic heterocycles. The molecular formula is C26H19IN2O9S. The van der Waals surface area contributed by atoms with Crippen molar-refractivity contribution in [1.29, 1.82) is 0 Å². The summed E-state index contributed by atoms with van der Waals surface area (Å²) in [7, 11) is -2.90. The summed E-state index contributed by atoms with van der Waals surface area (Å²) in [5, 5.41) is 11.2. The van der Waals surface area contributed by atoms with Crippen LogP contribution in [0.2, 0.25) is 0 Å². The highest BCUT2D eigenvalue weighted by Crippen LogP contribution is 2.37. The fourth-order valence-corrected chi connectivity index (χ4v) is 5.42. The maximum Gasteiger partial charge on any atom is 0.339 e. The van der Waals surface area contributed by atoms with Gasteiger partial charge >= 0.3 is 22.1 Å². The molecule has 0 unspecified atom stereocenters. The van der Waals surface area contributed by atoms with Crippen LogP contribution in [0, 0.1) is 10.5 Å². The number of barbiturate groups is 1. The summed E-state index contributed by atoms with van der Waals surface area (Å²) in [6.45, 7) is 1.82. The summed E-state index contributed by atoms with van der Waals surface area (Å²) in [5.41, 5.74) is 0.764. The highest BCUT2D eigenvalue weighted by molar-refractivity contribution is 14.1. The van der Waals surface area contributed by atoms with Crippen LogP contribution in [0.25, 0.3) is 6.08 Å². The molecule has 1 heterocycles. The van der Waals surface area contributed by atoms with Crippen molar-refractivity contribution in [2.45, 2.75) is 11.8 Å². The number of halogens is 1. The molecule has 0 saturated carbocycles. The minimum atomic E-state index is -4.19. The molecule has 1 fully saturated rings. The van der Waals surface area contributed by atoms with Gasteiger partial charge in [0.1, 0.15) is 10.5 Å². The molecule has 200 valence electrons. The molecule has 1 aliphatic rings. The van der Waals surface area contributed by atoms with Crippen LogP contribution in [-0.2, 0) is 19.7 Å². The maximum absolute atomic E-state index is 13.2. The first kappa shape index (κ1) is 27.8. The van der Waals surface area contributed by atoms with Gasteiger partial charge in [0.2, 0.25) is 0 Å². The molecule has 0 bridgehead atoms. The minimum absolute atomic E-state index is 0.0188. The first-order valence-corrected chi connectivity index (χ1v) is 13.5. The third-order valence-corrected chi connectivity index (χ3v) is 7.58. The Kier molecular flexibility index (Phi) is 7.74. The number of methoxy groups -OCH3 is 1. The lowest BCUT2D eigenvalue weighted by molar-refractivity contribution is -0.122. The Bertz CT molecular complexity index is 1650. The van der Waals surface area contributed by atoms with Gasteiger partial charge in [0.05, 0.1) is 21.9 Å². The van der Waals surface area contributed by atoms with E-state index in [1.54, 1.807) is 12.1 Å². The number of carboxylic acids is 1. The van der Waals surface area contributed by atoms with Crippen LogP contribution in [0.15, 0.2) is 71.1 Å². The summed E-state index contributed by atoms with van der Waals surface area (Å²) < 4.78 is 36.6. The number of benzene rings is 3. The molecule has 4 rings (SSSR count). The second kappa shape index (κ2) is 10.9. The van der Waals surface area contributed by atoms with Crippen molar-refractivity contribution < 1.29 is 41.6 Å². The second-order valence-corrected chi connectivity index (χ2v) is 10.9. The van der Waals surface area contributed by atoms with Crippen molar-refractivity contribution >= 4 is 68.3 Å². The average Bonchev–Trinajstić information content (AvgIpc) is 2.88. The Morgan fingerprint density at radius 3 is 2.26 bits per heavy atom. The van der Waals surface area contributed by atoms with Crippen molar-refractivity contribution in [2.24, 2.45) is 0 Å². The Hall–Kier alpha value is -4.24. The number of imide groups is 2. The number of carboxylic acid groups (broad SMARTS) is 1. The normalized spacial score (nSPS) is 14.8. The standard InChI is InChI=1S/C26H19IN2O9S/c1-14-3-9-18(10-4-14)39(35,36)38-22-20(27)12-15(13-21(22)37-2)11-19-23(30)28-26(34)29(24(19)31)17-7-5-16(6-8-17)25(32)33/h3-13H,1-2H3,(H,32,33)(H,28,30,34)/b19-11+. The van der Waals surface area contributed by atoms with E-state index in [2.05, 4.69) is 5.32 Å². The molecule has 39 heavy (non-hydrogen) atoms. The molecule has 13 heteroatoms. The number of anilines is 1. The van der Waals surface area contributed by atoms with E-state index in [1.807, 2.05) is 29.5 Å². The number of carbonyl (C=O) groups excluding carboxylic acids is 3. The van der Waals surface area contributed by atoms with E-state index >= 15 is 0 Å². The number of hydrogen-bond acceptors (Lipinski definition) is 8. The Balaban J connectivity index is 1.68. The quantitative estimate of drug-likeness (QED) is 0.167. The third kappa shape index (κ3) is 5.78. The van der Waals surface area contributed by atoms with Crippen LogP contribution < -0.4 is 19.1 Å². The molecule has 4 amide bonds. The summed E-state index contributed by atoms with van der Waals surface area (Å²) >= 11 is 1.83. The number of urea groups is 1. The monoisotopic (exact) mass is 662 g/mol. The van der Waals surface area contributed by atoms with Crippen LogP contribution >= 0.6 is 22.6 Å². The van der Waals surface area contributed by atoms with E-state index in [-0.39, 0.29) is 33.2 Å². The van der Waals surface area contributed by atoms with E-state index in [1.165, 1.54) is 61.7 Å². The van der Waals surface area contributed by atoms with E-state index in [9.17, 15) is 27.6 Å². The molecule has 11 nitrogen and oxygen atoms in total. The summed E-state index contributed by atoms with van der Waals surface area (Å²) in [6.07, 6.45) is 1.21. The van der Waals surface area contributed by atoms with Crippen LogP contribution in [0.1, 0.15) is 21.5 Å². The fraction of sp³-hybridized carbons (Fsp3) is 0.0769. The van der Waals surface area contributed by atoms with Gasteiger partial charge in [0.15, 0.2) is 11.5 Å². The first-order valence-electron chi connectivity index (χ1n) is 11.0. The molecule has 0 spiro atoms. The number of ether oxygens (including phenoxy) is 1. The van der Waals surface area contributed by atoms with Crippen LogP contribution in [0.4, 0.5) is 10.5 Å². The van der Waals surface area contributed by atoms with Crippen molar-refractivity contribution in [1.82, 2.24) is 5.32 Å². The highest BCUT2D eigenvalue weighted by Gasteiger charge is 2.37. The smallest absolute Gasteiger partial charge is 0.339 e. The van der Waals surface area contributed by atoms with E-state index in [0.29, 0.717) is 8.47 Å². The van der Waals surface area contributed by atoms with Gasteiger partial charge < -0.3 is 14.0 Å². The van der Waals surface area contributed by atoms with Crippen molar-refractivity contribution in [3.05, 3.63) is 86.5 Å². The SMILES string of the molecule is COc1cc(/C=C2\C(=O)NC(=O)N(c3ccc(C(=O)O)cc3)C2=O)cc(I)c1OS(=O)(=O)c1ccc(C)cc1. The first-order chi connectivity index (χ1) is 18.4. The predicted molar refractivity (Wildman–Crippen MR) is 147 cm³/mol. The number of carbonyl (C=O) groups is 4. The van der Waals surface area contributed by atoms with Crippen molar-refractivity contribution in [2.75, 3.05) is 12.0 Å². The molecule has 2 N–H and O–H groups in total. The van der Waals surface area contributed by atoms with Crippen LogP contribution in [0.3, 0.4) is 0 Å². The van der Waals surface area contributed by atoms with Gasteiger partial charge in [-0.05, 0) is 89.7 Å². The average molecular weight is 662 g/mol. The zero-order chi connectivity index (χ0) is 28.5. The Labute approximate surface area is 236 Å². The maximum atomic E-state index is 13.2. The highest BCUT2D eigenvalue weighted by atomic mass is 127. The Morgan fingerprint density at radius 2 is 1.67 bits per heavy atom. The number of rotatable bonds is 7. The summed E-state index contributed by atoms with van der Waals surface area (Å²) in [5.74, 6) is -3.14. The molecule has 3 aromatic carbocycles. The molecule has 0 atom stereocenters. The van der Waals surface area contributed by atoms with Gasteiger partial charge in [0.25, 0.3) is 11.8 Å². The van der Waals surface area contributed by atoms with E-state index in [0.717, 1.165) is 5.56 Å². The van der Waals surface area contributed by atoms with Gasteiger partial charge in [-0.15, -0.1) is 0 Å². The number of amides is 4. The molecule has 1 saturated heterocycles. The summed E-state index contributed by atoms with van der Waals surface area (Å²) in [6, 6.07) is 12.9. The van der Waals surface area contributed by atoms with Gasteiger partial charge in [-0.3, -0.25) is 14.9 Å². The lowest BCUT2D eigenvalue weighted by Gasteiger charge is -2.26. The number of nitrogens with one attached hydrogen (secondary N) is 1. The zero-order valence-electron chi connectivity index (χ0n) is 20.3. The molecule has 3 aromatic rings. The topological polar surface area (TPSA) is 156 Å². The number of nitrogens with zero attached hydrogens (tertiary/aromatic N) is 1. The Morgan fingerprint density at radius 1 is 1.03 bits per heavy atom.